The zero-order valence-electron chi connectivity index (χ0n) is 21.3. The van der Waals surface area contributed by atoms with Crippen LogP contribution in [0.2, 0.25) is 0 Å². The molecule has 0 spiro atoms. The summed E-state index contributed by atoms with van der Waals surface area (Å²) < 4.78 is 53.6. The van der Waals surface area contributed by atoms with Crippen molar-refractivity contribution in [1.29, 1.82) is 0 Å². The van der Waals surface area contributed by atoms with Gasteiger partial charge >= 0.3 is 5.97 Å². The van der Waals surface area contributed by atoms with Crippen molar-refractivity contribution in [3.8, 4) is 5.75 Å². The molecule has 1 atom stereocenters. The number of thioether (sulfide) groups is 1. The minimum absolute atomic E-state index is 0.0195. The standard InChI is InChI=1S/C26H33FN2O5S2/c1-6-8-14-26(3)18-29(19-12-10-9-11-13-19)21-15-23(35-5)22(16-24(21)36(31,32)28(26)4)34-17-20(27)25(30)33-7-2/h9-13,15-17H,6-8,14,18H2,1-5H3/b20-17-/t26-/m0/s1. The van der Waals surface area contributed by atoms with E-state index in [0.717, 1.165) is 18.5 Å². The lowest BCUT2D eigenvalue weighted by Crippen LogP contribution is -2.51. The molecule has 0 saturated heterocycles. The van der Waals surface area contributed by atoms with Crippen LogP contribution in [0.15, 0.2) is 64.3 Å². The Morgan fingerprint density at radius 1 is 1.22 bits per heavy atom. The molecule has 0 saturated carbocycles. The number of hydrogen-bond donors (Lipinski definition) is 0. The number of benzene rings is 2. The van der Waals surface area contributed by atoms with Crippen molar-refractivity contribution in [2.24, 2.45) is 0 Å². The fourth-order valence-corrected chi connectivity index (χ4v) is 6.41. The first kappa shape index (κ1) is 28.0. The van der Waals surface area contributed by atoms with E-state index in [0.29, 0.717) is 29.8 Å². The third-order valence-corrected chi connectivity index (χ3v) is 9.13. The van der Waals surface area contributed by atoms with E-state index < -0.39 is 27.4 Å². The lowest BCUT2D eigenvalue weighted by molar-refractivity contribution is -0.140. The zero-order chi connectivity index (χ0) is 26.5. The van der Waals surface area contributed by atoms with Gasteiger partial charge < -0.3 is 14.4 Å². The number of carbonyl (C=O) groups is 1. The second-order valence-electron chi connectivity index (χ2n) is 8.77. The van der Waals surface area contributed by atoms with Crippen LogP contribution in [-0.4, -0.2) is 50.7 Å². The molecule has 0 unspecified atom stereocenters. The average Bonchev–Trinajstić information content (AvgIpc) is 2.94. The third kappa shape index (κ3) is 5.71. The first-order valence-corrected chi connectivity index (χ1v) is 14.5. The lowest BCUT2D eigenvalue weighted by atomic mass is 9.93. The second-order valence-corrected chi connectivity index (χ2v) is 11.6. The van der Waals surface area contributed by atoms with E-state index in [1.54, 1.807) is 20.0 Å². The molecule has 10 heteroatoms. The summed E-state index contributed by atoms with van der Waals surface area (Å²) in [6, 6.07) is 12.8. The SMILES string of the molecule is CCCC[C@@]1(C)CN(c2ccccc2)c2cc(SC)c(O/C=C(\F)C(=O)OCC)cc2S(=O)(=O)N1C. The molecule has 1 aliphatic heterocycles. The van der Waals surface area contributed by atoms with Gasteiger partial charge in [-0.1, -0.05) is 38.0 Å². The fourth-order valence-electron chi connectivity index (χ4n) is 4.16. The Hall–Kier alpha value is -2.56. The Kier molecular flexibility index (Phi) is 9.08. The van der Waals surface area contributed by atoms with Gasteiger partial charge in [-0.05, 0) is 44.7 Å². The van der Waals surface area contributed by atoms with Gasteiger partial charge in [-0.15, -0.1) is 11.8 Å². The summed E-state index contributed by atoms with van der Waals surface area (Å²) in [7, 11) is -2.35. The number of hydrogen-bond acceptors (Lipinski definition) is 7. The number of unbranched alkanes of at least 4 members (excludes halogenated alkanes) is 1. The first-order valence-electron chi connectivity index (χ1n) is 11.8. The molecule has 0 amide bonds. The molecule has 1 heterocycles. The maximum Gasteiger partial charge on any atom is 0.370 e. The Morgan fingerprint density at radius 2 is 1.92 bits per heavy atom. The Balaban J connectivity index is 2.20. The summed E-state index contributed by atoms with van der Waals surface area (Å²) in [5.74, 6) is -2.23. The predicted octanol–water partition coefficient (Wildman–Crippen LogP) is 5.88. The smallest absolute Gasteiger partial charge is 0.370 e. The predicted molar refractivity (Wildman–Crippen MR) is 141 cm³/mol. The van der Waals surface area contributed by atoms with Crippen LogP contribution in [0.25, 0.3) is 0 Å². The summed E-state index contributed by atoms with van der Waals surface area (Å²) >= 11 is 1.33. The highest BCUT2D eigenvalue weighted by atomic mass is 32.2. The summed E-state index contributed by atoms with van der Waals surface area (Å²) in [4.78, 5) is 14.3. The first-order chi connectivity index (χ1) is 17.1. The molecule has 0 bridgehead atoms. The molecular weight excluding hydrogens is 503 g/mol. The normalized spacial score (nSPS) is 19.9. The van der Waals surface area contributed by atoms with E-state index in [2.05, 4.69) is 11.7 Å². The number of likely N-dealkylation sites (N-methyl/N-ethyl adjacent to an activating group) is 1. The van der Waals surface area contributed by atoms with E-state index in [9.17, 15) is 17.6 Å². The van der Waals surface area contributed by atoms with Crippen LogP contribution in [0.3, 0.4) is 0 Å². The molecule has 7 nitrogen and oxygen atoms in total. The lowest BCUT2D eigenvalue weighted by Gasteiger charge is -2.39. The molecule has 2 aromatic rings. The van der Waals surface area contributed by atoms with E-state index in [1.165, 1.54) is 22.1 Å². The van der Waals surface area contributed by atoms with Crippen molar-refractivity contribution in [3.05, 3.63) is 54.6 Å². The maximum absolute atomic E-state index is 14.1. The minimum Gasteiger partial charge on any atom is -0.461 e. The molecule has 3 rings (SSSR count). The summed E-state index contributed by atoms with van der Waals surface area (Å²) in [6.07, 6.45) is 4.96. The topological polar surface area (TPSA) is 76.1 Å². The molecule has 0 aromatic heterocycles. The van der Waals surface area contributed by atoms with Gasteiger partial charge in [-0.25, -0.2) is 13.2 Å². The number of halogens is 1. The summed E-state index contributed by atoms with van der Waals surface area (Å²) in [5, 5.41) is 0. The molecule has 36 heavy (non-hydrogen) atoms. The number of ether oxygens (including phenoxy) is 2. The van der Waals surface area contributed by atoms with Crippen LogP contribution in [0.5, 0.6) is 5.75 Å². The molecule has 2 aromatic carbocycles. The van der Waals surface area contributed by atoms with E-state index in [-0.39, 0.29) is 17.3 Å². The zero-order valence-corrected chi connectivity index (χ0v) is 22.9. The van der Waals surface area contributed by atoms with Gasteiger partial charge in [0.15, 0.2) is 0 Å². The van der Waals surface area contributed by atoms with Crippen molar-refractivity contribution in [2.75, 3.05) is 31.4 Å². The monoisotopic (exact) mass is 536 g/mol. The van der Waals surface area contributed by atoms with E-state index in [1.807, 2.05) is 48.4 Å². The van der Waals surface area contributed by atoms with Crippen molar-refractivity contribution >= 4 is 39.1 Å². The number of esters is 1. The molecule has 196 valence electrons. The largest absolute Gasteiger partial charge is 0.461 e. The quantitative estimate of drug-likeness (QED) is 0.171. The van der Waals surface area contributed by atoms with Crippen LogP contribution >= 0.6 is 11.8 Å². The average molecular weight is 537 g/mol. The highest BCUT2D eigenvalue weighted by molar-refractivity contribution is 7.98. The van der Waals surface area contributed by atoms with Crippen LogP contribution in [-0.2, 0) is 19.6 Å². The van der Waals surface area contributed by atoms with Gasteiger partial charge in [-0.3, -0.25) is 0 Å². The van der Waals surface area contributed by atoms with Crippen molar-refractivity contribution in [1.82, 2.24) is 4.31 Å². The van der Waals surface area contributed by atoms with E-state index >= 15 is 0 Å². The fraction of sp³-hybridized carbons (Fsp3) is 0.423. The number of fused-ring (bicyclic) bond motifs is 1. The number of nitrogens with zero attached hydrogens (tertiary/aromatic N) is 2. The third-order valence-electron chi connectivity index (χ3n) is 6.33. The van der Waals surface area contributed by atoms with Gasteiger partial charge in [0.1, 0.15) is 16.9 Å². The van der Waals surface area contributed by atoms with Crippen molar-refractivity contribution in [2.45, 2.75) is 55.4 Å². The molecule has 0 aliphatic carbocycles. The summed E-state index contributed by atoms with van der Waals surface area (Å²) in [6.45, 7) is 6.08. The Labute approximate surface area is 217 Å². The van der Waals surface area contributed by atoms with Crippen molar-refractivity contribution in [3.63, 3.8) is 0 Å². The highest BCUT2D eigenvalue weighted by Gasteiger charge is 2.44. The number of anilines is 2. The van der Waals surface area contributed by atoms with Crippen LogP contribution in [0, 0.1) is 0 Å². The van der Waals surface area contributed by atoms with Crippen LogP contribution < -0.4 is 9.64 Å². The molecule has 0 radical (unpaired) electrons. The number of sulfonamides is 1. The molecule has 0 N–H and O–H groups in total. The number of para-hydroxylation sites is 1. The Bertz CT molecular complexity index is 1220. The summed E-state index contributed by atoms with van der Waals surface area (Å²) in [5.41, 5.74) is 0.695. The molecule has 1 aliphatic rings. The second kappa shape index (κ2) is 11.7. The van der Waals surface area contributed by atoms with E-state index in [4.69, 9.17) is 4.74 Å². The molecular formula is C26H33FN2O5S2. The van der Waals surface area contributed by atoms with Crippen LogP contribution in [0.4, 0.5) is 15.8 Å². The van der Waals surface area contributed by atoms with Crippen molar-refractivity contribution < 1.29 is 27.1 Å². The maximum atomic E-state index is 14.1. The molecule has 0 fully saturated rings. The van der Waals surface area contributed by atoms with Gasteiger partial charge in [0.25, 0.3) is 0 Å². The van der Waals surface area contributed by atoms with Crippen LogP contribution in [0.1, 0.15) is 40.0 Å². The van der Waals surface area contributed by atoms with Gasteiger partial charge in [0.2, 0.25) is 15.9 Å². The highest BCUT2D eigenvalue weighted by Crippen LogP contribution is 2.45. The van der Waals surface area contributed by atoms with Gasteiger partial charge in [-0.2, -0.15) is 8.70 Å². The Morgan fingerprint density at radius 3 is 2.53 bits per heavy atom. The van der Waals surface area contributed by atoms with Gasteiger partial charge in [0.05, 0.1) is 22.7 Å². The minimum atomic E-state index is -3.95. The van der Waals surface area contributed by atoms with Gasteiger partial charge in [0, 0.05) is 25.3 Å². The number of rotatable bonds is 9. The number of carbonyl (C=O) groups excluding carboxylic acids is 1.